The number of amides is 2. The number of likely N-dealkylation sites (tertiary alicyclic amines) is 1. The second-order valence-corrected chi connectivity index (χ2v) is 8.05. The van der Waals surface area contributed by atoms with Gasteiger partial charge in [0.15, 0.2) is 0 Å². The topological polar surface area (TPSA) is 122 Å². The van der Waals surface area contributed by atoms with Crippen LogP contribution in [0.25, 0.3) is 0 Å². The zero-order chi connectivity index (χ0) is 22.6. The summed E-state index contributed by atoms with van der Waals surface area (Å²) in [6.07, 6.45) is 11.0. The average Bonchev–Trinajstić information content (AvgIpc) is 3.54. The van der Waals surface area contributed by atoms with Crippen LogP contribution in [0.3, 0.4) is 0 Å². The lowest BCUT2D eigenvalue weighted by atomic mass is 10.2. The Balaban J connectivity index is 1.35. The molecule has 1 saturated carbocycles. The lowest BCUT2D eigenvalue weighted by Gasteiger charge is -2.18. The molecule has 2 fully saturated rings. The van der Waals surface area contributed by atoms with E-state index in [1.807, 2.05) is 12.1 Å². The summed E-state index contributed by atoms with van der Waals surface area (Å²) in [5, 5.41) is 5.78. The predicted octanol–water partition coefficient (Wildman–Crippen LogP) is 3.73. The molecule has 5 rings (SSSR count). The molecule has 33 heavy (non-hydrogen) atoms. The number of rotatable bonds is 6. The molecule has 10 heteroatoms. The van der Waals surface area contributed by atoms with Gasteiger partial charge in [0.2, 0.25) is 5.88 Å². The van der Waals surface area contributed by atoms with Crippen LogP contribution in [0.15, 0.2) is 49.3 Å². The van der Waals surface area contributed by atoms with Crippen molar-refractivity contribution in [3.05, 3.63) is 60.6 Å². The molecule has 1 saturated heterocycles. The molecule has 3 aromatic heterocycles. The molecule has 0 aromatic carbocycles. The summed E-state index contributed by atoms with van der Waals surface area (Å²) >= 11 is 0. The minimum absolute atomic E-state index is 0.134. The number of nitrogens with zero attached hydrogens (tertiary/aromatic N) is 5. The normalized spacial score (nSPS) is 15.2. The predicted molar refractivity (Wildman–Crippen MR) is 121 cm³/mol. The third-order valence-electron chi connectivity index (χ3n) is 5.59. The maximum absolute atomic E-state index is 12.9. The van der Waals surface area contributed by atoms with Crippen molar-refractivity contribution in [2.24, 2.45) is 0 Å². The Hall–Kier alpha value is -4.08. The number of aromatic nitrogens is 4. The van der Waals surface area contributed by atoms with Gasteiger partial charge in [0.1, 0.15) is 12.0 Å². The van der Waals surface area contributed by atoms with Gasteiger partial charge in [0.05, 0.1) is 35.5 Å². The highest BCUT2D eigenvalue weighted by atomic mass is 16.6. The molecule has 3 aromatic rings. The highest BCUT2D eigenvalue weighted by Gasteiger charge is 2.27. The summed E-state index contributed by atoms with van der Waals surface area (Å²) in [7, 11) is 0. The molecule has 2 amide bonds. The highest BCUT2D eigenvalue weighted by Crippen LogP contribution is 2.41. The van der Waals surface area contributed by atoms with E-state index < -0.39 is 6.09 Å². The van der Waals surface area contributed by atoms with Gasteiger partial charge in [-0.2, -0.15) is 0 Å². The molecule has 1 aliphatic heterocycles. The van der Waals surface area contributed by atoms with Gasteiger partial charge in [-0.15, -0.1) is 0 Å². The lowest BCUT2D eigenvalue weighted by Crippen LogP contribution is -2.29. The Bertz CT molecular complexity index is 1160. The molecular weight excluding hydrogens is 422 g/mol. The molecule has 2 N–H and O–H groups in total. The van der Waals surface area contributed by atoms with Crippen LogP contribution in [0.4, 0.5) is 21.9 Å². The van der Waals surface area contributed by atoms with Crippen molar-refractivity contribution >= 4 is 29.1 Å². The first-order valence-electron chi connectivity index (χ1n) is 10.9. The van der Waals surface area contributed by atoms with Crippen LogP contribution in [-0.2, 0) is 0 Å². The average molecular weight is 445 g/mol. The van der Waals surface area contributed by atoms with Gasteiger partial charge < -0.3 is 15.0 Å². The Morgan fingerprint density at radius 3 is 2.52 bits per heavy atom. The second kappa shape index (κ2) is 9.19. The van der Waals surface area contributed by atoms with Crippen LogP contribution in [0.1, 0.15) is 47.7 Å². The molecule has 4 heterocycles. The number of carbonyl (C=O) groups excluding carboxylic acids is 2. The van der Waals surface area contributed by atoms with Gasteiger partial charge >= 0.3 is 6.09 Å². The summed E-state index contributed by atoms with van der Waals surface area (Å²) in [5.74, 6) is 0.384. The number of hydrogen-bond donors (Lipinski definition) is 2. The highest BCUT2D eigenvalue weighted by molar-refractivity contribution is 6.02. The first-order valence-corrected chi connectivity index (χ1v) is 10.9. The zero-order valence-electron chi connectivity index (χ0n) is 17.9. The van der Waals surface area contributed by atoms with E-state index in [-0.39, 0.29) is 11.8 Å². The van der Waals surface area contributed by atoms with Gasteiger partial charge in [-0.3, -0.25) is 15.1 Å². The van der Waals surface area contributed by atoms with E-state index in [9.17, 15) is 9.59 Å². The first-order chi connectivity index (χ1) is 16.2. The minimum Gasteiger partial charge on any atom is -0.389 e. The fourth-order valence-electron chi connectivity index (χ4n) is 3.75. The summed E-state index contributed by atoms with van der Waals surface area (Å²) in [4.78, 5) is 44.0. The zero-order valence-corrected chi connectivity index (χ0v) is 17.9. The van der Waals surface area contributed by atoms with Gasteiger partial charge in [-0.05, 0) is 43.9 Å². The molecule has 0 unspecified atom stereocenters. The van der Waals surface area contributed by atoms with Crippen molar-refractivity contribution in [2.75, 3.05) is 23.7 Å². The van der Waals surface area contributed by atoms with Crippen LogP contribution in [0.5, 0.6) is 5.88 Å². The number of pyridine rings is 2. The maximum Gasteiger partial charge on any atom is 0.418 e. The largest absolute Gasteiger partial charge is 0.418 e. The van der Waals surface area contributed by atoms with Crippen molar-refractivity contribution in [3.8, 4) is 5.88 Å². The number of hydrogen-bond acceptors (Lipinski definition) is 8. The number of nitrogens with one attached hydrogen (secondary N) is 2. The monoisotopic (exact) mass is 445 g/mol. The third-order valence-corrected chi connectivity index (χ3v) is 5.59. The molecule has 0 spiro atoms. The van der Waals surface area contributed by atoms with Crippen molar-refractivity contribution in [1.29, 1.82) is 0 Å². The summed E-state index contributed by atoms with van der Waals surface area (Å²) in [5.41, 5.74) is 2.68. The van der Waals surface area contributed by atoms with Gasteiger partial charge in [0, 0.05) is 30.9 Å². The van der Waals surface area contributed by atoms with Gasteiger partial charge in [-0.1, -0.05) is 0 Å². The molecule has 2 aliphatic rings. The van der Waals surface area contributed by atoms with Crippen LogP contribution in [0.2, 0.25) is 0 Å². The second-order valence-electron chi connectivity index (χ2n) is 8.05. The molecule has 168 valence electrons. The summed E-state index contributed by atoms with van der Waals surface area (Å²) in [6, 6.07) is 5.34. The Morgan fingerprint density at radius 2 is 1.76 bits per heavy atom. The van der Waals surface area contributed by atoms with E-state index in [0.717, 1.165) is 31.4 Å². The number of carbonyl (C=O) groups is 2. The number of anilines is 3. The Labute approximate surface area is 190 Å². The number of ether oxygens (including phenoxy) is 1. The van der Waals surface area contributed by atoms with Crippen LogP contribution in [0, 0.1) is 0 Å². The SMILES string of the molecule is O=C(Nc1cnccc1C(=O)N1CCCC1)Oc1nc(C2CC2)ccc1Nc1cncnc1. The standard InChI is InChI=1S/C23H23N7O3/c31-22(30-9-1-2-10-30)17-7-8-24-13-20(17)29-23(32)33-21-19(27-16-11-25-14-26-12-16)6-5-18(28-21)15-3-4-15/h5-8,11-15,27H,1-4,9-10H2,(H,29,32). The Morgan fingerprint density at radius 1 is 0.970 bits per heavy atom. The quantitative estimate of drug-likeness (QED) is 0.588. The van der Waals surface area contributed by atoms with E-state index in [2.05, 4.69) is 30.6 Å². The van der Waals surface area contributed by atoms with Crippen LogP contribution >= 0.6 is 0 Å². The fraction of sp³-hybridized carbons (Fsp3) is 0.304. The molecule has 1 aliphatic carbocycles. The molecular formula is C23H23N7O3. The van der Waals surface area contributed by atoms with E-state index in [4.69, 9.17) is 4.74 Å². The van der Waals surface area contributed by atoms with E-state index >= 15 is 0 Å². The maximum atomic E-state index is 12.9. The minimum atomic E-state index is -0.758. The van der Waals surface area contributed by atoms with E-state index in [0.29, 0.717) is 41.6 Å². The van der Waals surface area contributed by atoms with Crippen LogP contribution in [-0.4, -0.2) is 49.9 Å². The van der Waals surface area contributed by atoms with E-state index in [1.165, 1.54) is 18.7 Å². The summed E-state index contributed by atoms with van der Waals surface area (Å²) < 4.78 is 5.58. The first kappa shape index (κ1) is 20.8. The summed E-state index contributed by atoms with van der Waals surface area (Å²) in [6.45, 7) is 1.42. The molecule has 10 nitrogen and oxygen atoms in total. The molecule has 0 radical (unpaired) electrons. The smallest absolute Gasteiger partial charge is 0.389 e. The van der Waals surface area contributed by atoms with Gasteiger partial charge in [-0.25, -0.2) is 19.7 Å². The van der Waals surface area contributed by atoms with Crippen molar-refractivity contribution < 1.29 is 14.3 Å². The Kier molecular flexibility index (Phi) is 5.79. The van der Waals surface area contributed by atoms with E-state index in [1.54, 1.807) is 23.4 Å². The van der Waals surface area contributed by atoms with Crippen molar-refractivity contribution in [2.45, 2.75) is 31.6 Å². The molecule has 0 atom stereocenters. The van der Waals surface area contributed by atoms with Crippen molar-refractivity contribution in [1.82, 2.24) is 24.8 Å². The van der Waals surface area contributed by atoms with Gasteiger partial charge in [0.25, 0.3) is 5.91 Å². The van der Waals surface area contributed by atoms with Crippen LogP contribution < -0.4 is 15.4 Å². The van der Waals surface area contributed by atoms with Crippen molar-refractivity contribution in [3.63, 3.8) is 0 Å². The fourth-order valence-corrected chi connectivity index (χ4v) is 3.75. The lowest BCUT2D eigenvalue weighted by molar-refractivity contribution is 0.0793. The third kappa shape index (κ3) is 4.89. The molecule has 0 bridgehead atoms.